The summed E-state index contributed by atoms with van der Waals surface area (Å²) >= 11 is 0. The van der Waals surface area contributed by atoms with E-state index in [1.807, 2.05) is 30.3 Å². The van der Waals surface area contributed by atoms with Gasteiger partial charge in [-0.1, -0.05) is 42.5 Å². The molecule has 3 aromatic rings. The van der Waals surface area contributed by atoms with E-state index in [2.05, 4.69) is 41.1 Å². The van der Waals surface area contributed by atoms with Gasteiger partial charge in [-0.3, -0.25) is 9.47 Å². The highest BCUT2D eigenvalue weighted by molar-refractivity contribution is 5.72. The Morgan fingerprint density at radius 2 is 1.79 bits per heavy atom. The molecule has 0 unspecified atom stereocenters. The molecule has 0 bridgehead atoms. The van der Waals surface area contributed by atoms with Crippen molar-refractivity contribution < 1.29 is 4.42 Å². The molecule has 4 rings (SSSR count). The van der Waals surface area contributed by atoms with Crippen LogP contribution < -0.4 is 5.76 Å². The molecule has 2 aromatic carbocycles. The molecule has 124 valence electrons. The van der Waals surface area contributed by atoms with Gasteiger partial charge in [0.1, 0.15) is 0 Å². The molecule has 1 fully saturated rings. The summed E-state index contributed by atoms with van der Waals surface area (Å²) in [5.74, 6) is -0.290. The maximum atomic E-state index is 12.3. The first kappa shape index (κ1) is 15.2. The van der Waals surface area contributed by atoms with Gasteiger partial charge in [0.2, 0.25) is 0 Å². The maximum Gasteiger partial charge on any atom is 0.421 e. The predicted octanol–water partition coefficient (Wildman–Crippen LogP) is 2.54. The second kappa shape index (κ2) is 6.26. The van der Waals surface area contributed by atoms with Crippen LogP contribution in [0.5, 0.6) is 0 Å². The zero-order valence-electron chi connectivity index (χ0n) is 13.8. The van der Waals surface area contributed by atoms with E-state index in [0.717, 1.165) is 25.2 Å². The molecular weight excluding hydrogens is 302 g/mol. The number of nitrogens with zero attached hydrogens (tertiary/aromatic N) is 3. The number of benzene rings is 2. The van der Waals surface area contributed by atoms with Crippen molar-refractivity contribution in [2.45, 2.75) is 12.7 Å². The van der Waals surface area contributed by atoms with E-state index < -0.39 is 0 Å². The van der Waals surface area contributed by atoms with Crippen LogP contribution in [0.3, 0.4) is 0 Å². The molecule has 0 aliphatic carbocycles. The number of hydrogen-bond donors (Lipinski definition) is 0. The quantitative estimate of drug-likeness (QED) is 0.743. The summed E-state index contributed by atoms with van der Waals surface area (Å²) in [5.41, 5.74) is 2.78. The average Bonchev–Trinajstić information content (AvgIpc) is 2.93. The van der Waals surface area contributed by atoms with Crippen LogP contribution in [0.2, 0.25) is 0 Å². The summed E-state index contributed by atoms with van der Waals surface area (Å²) in [6.45, 7) is 3.41. The van der Waals surface area contributed by atoms with Crippen LogP contribution in [-0.4, -0.2) is 41.0 Å². The Morgan fingerprint density at radius 1 is 1.04 bits per heavy atom. The van der Waals surface area contributed by atoms with Gasteiger partial charge in [-0.25, -0.2) is 4.79 Å². The van der Waals surface area contributed by atoms with Gasteiger partial charge in [0.15, 0.2) is 5.58 Å². The molecule has 24 heavy (non-hydrogen) atoms. The Kier molecular flexibility index (Phi) is 3.96. The van der Waals surface area contributed by atoms with E-state index in [1.165, 1.54) is 5.56 Å². The lowest BCUT2D eigenvalue weighted by molar-refractivity contribution is 0.0621. The minimum Gasteiger partial charge on any atom is -0.408 e. The van der Waals surface area contributed by atoms with Gasteiger partial charge in [-0.2, -0.15) is 0 Å². The van der Waals surface area contributed by atoms with Crippen LogP contribution in [0, 0.1) is 0 Å². The SMILES string of the molecule is CN1CCN(Cn2c(=O)oc3ccccc32)[C@H](c2ccccc2)C1. The van der Waals surface area contributed by atoms with Crippen LogP contribution in [0.4, 0.5) is 0 Å². The number of aromatic nitrogens is 1. The molecule has 1 saturated heterocycles. The number of likely N-dealkylation sites (N-methyl/N-ethyl adjacent to an activating group) is 1. The molecule has 1 aliphatic rings. The molecular formula is C19H21N3O2. The third-order valence-electron chi connectivity index (χ3n) is 4.78. The fourth-order valence-electron chi connectivity index (χ4n) is 3.45. The topological polar surface area (TPSA) is 41.6 Å². The van der Waals surface area contributed by atoms with Crippen LogP contribution >= 0.6 is 0 Å². The number of piperazine rings is 1. The zero-order chi connectivity index (χ0) is 16.5. The number of hydrogen-bond acceptors (Lipinski definition) is 4. The lowest BCUT2D eigenvalue weighted by Crippen LogP contribution is -2.47. The Balaban J connectivity index is 1.68. The smallest absolute Gasteiger partial charge is 0.408 e. The largest absolute Gasteiger partial charge is 0.421 e. The number of oxazole rings is 1. The lowest BCUT2D eigenvalue weighted by atomic mass is 10.0. The van der Waals surface area contributed by atoms with Gasteiger partial charge < -0.3 is 9.32 Å². The number of rotatable bonds is 3. The van der Waals surface area contributed by atoms with E-state index >= 15 is 0 Å². The van der Waals surface area contributed by atoms with Crippen molar-refractivity contribution in [1.82, 2.24) is 14.4 Å². The molecule has 5 nitrogen and oxygen atoms in total. The Labute approximate surface area is 140 Å². The lowest BCUT2D eigenvalue weighted by Gasteiger charge is -2.40. The van der Waals surface area contributed by atoms with Gasteiger partial charge in [0.25, 0.3) is 0 Å². The average molecular weight is 323 g/mol. The van der Waals surface area contributed by atoms with Crippen LogP contribution in [0.1, 0.15) is 11.6 Å². The first-order valence-corrected chi connectivity index (χ1v) is 8.28. The van der Waals surface area contributed by atoms with Gasteiger partial charge in [0, 0.05) is 25.7 Å². The predicted molar refractivity (Wildman–Crippen MR) is 93.9 cm³/mol. The molecule has 0 amide bonds. The van der Waals surface area contributed by atoms with E-state index in [1.54, 1.807) is 4.57 Å². The second-order valence-corrected chi connectivity index (χ2v) is 6.41. The summed E-state index contributed by atoms with van der Waals surface area (Å²) in [7, 11) is 2.15. The highest BCUT2D eigenvalue weighted by atomic mass is 16.4. The third kappa shape index (κ3) is 2.77. The third-order valence-corrected chi connectivity index (χ3v) is 4.78. The van der Waals surface area contributed by atoms with E-state index in [-0.39, 0.29) is 11.8 Å². The monoisotopic (exact) mass is 323 g/mol. The second-order valence-electron chi connectivity index (χ2n) is 6.41. The van der Waals surface area contributed by atoms with Gasteiger partial charge in [-0.15, -0.1) is 0 Å². The van der Waals surface area contributed by atoms with E-state index in [0.29, 0.717) is 12.3 Å². The van der Waals surface area contributed by atoms with Crippen molar-refractivity contribution in [2.75, 3.05) is 26.7 Å². The zero-order valence-corrected chi connectivity index (χ0v) is 13.8. The Hall–Kier alpha value is -2.37. The van der Waals surface area contributed by atoms with Gasteiger partial charge in [-0.05, 0) is 24.7 Å². The minimum atomic E-state index is -0.290. The van der Waals surface area contributed by atoms with Crippen molar-refractivity contribution >= 4 is 11.1 Å². The summed E-state index contributed by atoms with van der Waals surface area (Å²) < 4.78 is 7.11. The molecule has 2 heterocycles. The summed E-state index contributed by atoms with van der Waals surface area (Å²) in [5, 5.41) is 0. The van der Waals surface area contributed by atoms with E-state index in [4.69, 9.17) is 4.42 Å². The van der Waals surface area contributed by atoms with Gasteiger partial charge >= 0.3 is 5.76 Å². The molecule has 0 saturated carbocycles. The minimum absolute atomic E-state index is 0.269. The molecule has 5 heteroatoms. The molecule has 1 aromatic heterocycles. The van der Waals surface area contributed by atoms with Crippen molar-refractivity contribution in [3.63, 3.8) is 0 Å². The fraction of sp³-hybridized carbons (Fsp3) is 0.316. The summed E-state index contributed by atoms with van der Waals surface area (Å²) in [6, 6.07) is 18.4. The molecule has 0 spiro atoms. The normalized spacial score (nSPS) is 19.8. The molecule has 1 aliphatic heterocycles. The first-order chi connectivity index (χ1) is 11.7. The van der Waals surface area contributed by atoms with Crippen molar-refractivity contribution in [3.8, 4) is 0 Å². The highest BCUT2D eigenvalue weighted by Gasteiger charge is 2.27. The maximum absolute atomic E-state index is 12.3. The first-order valence-electron chi connectivity index (χ1n) is 8.28. The molecule has 1 atom stereocenters. The van der Waals surface area contributed by atoms with Crippen LogP contribution in [-0.2, 0) is 6.67 Å². The van der Waals surface area contributed by atoms with Crippen molar-refractivity contribution in [1.29, 1.82) is 0 Å². The van der Waals surface area contributed by atoms with E-state index in [9.17, 15) is 4.79 Å². The van der Waals surface area contributed by atoms with Crippen LogP contribution in [0.15, 0.2) is 63.8 Å². The Morgan fingerprint density at radius 3 is 2.62 bits per heavy atom. The van der Waals surface area contributed by atoms with Crippen molar-refractivity contribution in [3.05, 3.63) is 70.7 Å². The number of para-hydroxylation sites is 2. The fourth-order valence-corrected chi connectivity index (χ4v) is 3.45. The van der Waals surface area contributed by atoms with Gasteiger partial charge in [0.05, 0.1) is 12.2 Å². The molecule has 0 radical (unpaired) electrons. The molecule has 0 N–H and O–H groups in total. The van der Waals surface area contributed by atoms with Crippen LogP contribution in [0.25, 0.3) is 11.1 Å². The number of fused-ring (bicyclic) bond motifs is 1. The summed E-state index contributed by atoms with van der Waals surface area (Å²) in [4.78, 5) is 17.0. The highest BCUT2D eigenvalue weighted by Crippen LogP contribution is 2.26. The summed E-state index contributed by atoms with van der Waals surface area (Å²) in [6.07, 6.45) is 0. The van der Waals surface area contributed by atoms with Crippen molar-refractivity contribution in [2.24, 2.45) is 0 Å². The standard InChI is InChI=1S/C19H21N3O2/c1-20-11-12-21(17(13-20)15-7-3-2-4-8-15)14-22-16-9-5-6-10-18(16)24-19(22)23/h2-10,17H,11-14H2,1H3/t17-/m0/s1. The Bertz CT molecular complexity index is 884.